The minimum atomic E-state index is -0.650. The zero-order chi connectivity index (χ0) is 31.4. The number of methoxy groups -OCH3 is 1. The van der Waals surface area contributed by atoms with E-state index in [9.17, 15) is 19.5 Å². The fraction of sp³-hybridized carbons (Fsp3) is 0.353. The molecule has 1 aliphatic carbocycles. The van der Waals surface area contributed by atoms with E-state index < -0.39 is 17.2 Å². The van der Waals surface area contributed by atoms with Crippen molar-refractivity contribution in [2.45, 2.75) is 51.8 Å². The lowest BCUT2D eigenvalue weighted by Gasteiger charge is -2.47. The number of nitrogens with one attached hydrogen (secondary N) is 1. The molecule has 0 radical (unpaired) electrons. The summed E-state index contributed by atoms with van der Waals surface area (Å²) in [5.74, 6) is 0.0469. The first-order valence-corrected chi connectivity index (χ1v) is 14.8. The van der Waals surface area contributed by atoms with Crippen LogP contribution in [-0.4, -0.2) is 55.8 Å². The summed E-state index contributed by atoms with van der Waals surface area (Å²) >= 11 is 0. The molecule has 3 atom stereocenters. The number of aliphatic hydroxyl groups excluding tert-OH is 1. The summed E-state index contributed by atoms with van der Waals surface area (Å²) in [7, 11) is 4.51. The van der Waals surface area contributed by atoms with E-state index in [0.29, 0.717) is 18.1 Å². The predicted octanol–water partition coefficient (Wildman–Crippen LogP) is 3.74. The van der Waals surface area contributed by atoms with Gasteiger partial charge >= 0.3 is 5.69 Å². The first kappa shape index (κ1) is 29.5. The van der Waals surface area contributed by atoms with E-state index in [1.165, 1.54) is 30.4 Å². The Morgan fingerprint density at radius 2 is 1.73 bits per heavy atom. The summed E-state index contributed by atoms with van der Waals surface area (Å²) in [6, 6.07) is 14.3. The van der Waals surface area contributed by atoms with Crippen molar-refractivity contribution in [1.82, 2.24) is 19.0 Å². The summed E-state index contributed by atoms with van der Waals surface area (Å²) in [4.78, 5) is 45.2. The zero-order valence-electron chi connectivity index (χ0n) is 25.8. The fourth-order valence-corrected chi connectivity index (χ4v) is 6.66. The normalized spacial score (nSPS) is 19.4. The van der Waals surface area contributed by atoms with Gasteiger partial charge in [-0.05, 0) is 73.6 Å². The molecule has 3 unspecified atom stereocenters. The number of hydrogen-bond acceptors (Lipinski definition) is 7. The average Bonchev–Trinajstić information content (AvgIpc) is 3.44. The highest BCUT2D eigenvalue weighted by Gasteiger charge is 2.43. The number of ether oxygens (including phenoxy) is 1. The van der Waals surface area contributed by atoms with E-state index in [1.54, 1.807) is 13.2 Å². The Morgan fingerprint density at radius 3 is 2.41 bits per heavy atom. The van der Waals surface area contributed by atoms with Crippen molar-refractivity contribution in [3.63, 3.8) is 0 Å². The average molecular weight is 596 g/mol. The molecule has 228 valence electrons. The molecule has 0 bridgehead atoms. The van der Waals surface area contributed by atoms with Crippen molar-refractivity contribution >= 4 is 11.6 Å². The van der Waals surface area contributed by atoms with Gasteiger partial charge in [-0.1, -0.05) is 30.3 Å². The summed E-state index contributed by atoms with van der Waals surface area (Å²) in [5, 5.41) is 13.0. The van der Waals surface area contributed by atoms with Crippen molar-refractivity contribution in [2.24, 2.45) is 14.1 Å². The molecule has 2 aromatic heterocycles. The summed E-state index contributed by atoms with van der Waals surface area (Å²) in [5.41, 5.74) is 7.29. The Balaban J connectivity index is 1.34. The molecule has 0 spiro atoms. The van der Waals surface area contributed by atoms with E-state index in [4.69, 9.17) is 9.72 Å². The third-order valence-corrected chi connectivity index (χ3v) is 9.37. The summed E-state index contributed by atoms with van der Waals surface area (Å²) in [6.07, 6.45) is 2.86. The number of hydrogen-bond donors (Lipinski definition) is 2. The van der Waals surface area contributed by atoms with Gasteiger partial charge < -0.3 is 19.7 Å². The van der Waals surface area contributed by atoms with Crippen LogP contribution >= 0.6 is 0 Å². The van der Waals surface area contributed by atoms with Gasteiger partial charge in [-0.15, -0.1) is 0 Å². The van der Waals surface area contributed by atoms with Crippen LogP contribution in [0.4, 0.5) is 5.69 Å². The number of pyridine rings is 1. The maximum atomic E-state index is 13.2. The van der Waals surface area contributed by atoms with Gasteiger partial charge in [-0.2, -0.15) is 0 Å². The SMILES string of the molecule is COc1nc(-c2cccc(-c3cccc(NC(=O)c4cn(C)c(=O)n(C)c4=O)c3C)c2C)cc2c1C(N1CC(O)C1C)CC2. The minimum absolute atomic E-state index is 0.115. The molecule has 1 amide bonds. The number of benzene rings is 2. The number of nitrogens with zero attached hydrogens (tertiary/aromatic N) is 4. The van der Waals surface area contributed by atoms with Gasteiger partial charge in [-0.25, -0.2) is 9.78 Å². The lowest BCUT2D eigenvalue weighted by atomic mass is 9.91. The molecule has 1 saturated heterocycles. The van der Waals surface area contributed by atoms with E-state index in [1.807, 2.05) is 31.2 Å². The summed E-state index contributed by atoms with van der Waals surface area (Å²) in [6.45, 7) is 6.72. The number of carbonyl (C=O) groups is 1. The highest BCUT2D eigenvalue weighted by Crippen LogP contribution is 2.46. The molecular formula is C34H37N5O5. The number of fused-ring (bicyclic) bond motifs is 1. The smallest absolute Gasteiger partial charge is 0.330 e. The third kappa shape index (κ3) is 4.74. The van der Waals surface area contributed by atoms with Crippen LogP contribution in [0.25, 0.3) is 22.4 Å². The third-order valence-electron chi connectivity index (χ3n) is 9.37. The fourth-order valence-electron chi connectivity index (χ4n) is 6.66. The molecular weight excluding hydrogens is 558 g/mol. The Morgan fingerprint density at radius 1 is 1.05 bits per heavy atom. The van der Waals surface area contributed by atoms with Crippen LogP contribution in [-0.2, 0) is 20.5 Å². The second-order valence-corrected chi connectivity index (χ2v) is 11.9. The lowest BCUT2D eigenvalue weighted by Crippen LogP contribution is -2.59. The molecule has 44 heavy (non-hydrogen) atoms. The number of anilines is 1. The van der Waals surface area contributed by atoms with Gasteiger partial charge in [-0.3, -0.25) is 19.1 Å². The van der Waals surface area contributed by atoms with Gasteiger partial charge in [0, 0.05) is 55.7 Å². The van der Waals surface area contributed by atoms with Crippen LogP contribution < -0.4 is 21.3 Å². The van der Waals surface area contributed by atoms with Crippen molar-refractivity contribution in [1.29, 1.82) is 0 Å². The number of aromatic nitrogens is 3. The van der Waals surface area contributed by atoms with E-state index in [0.717, 1.165) is 56.5 Å². The second-order valence-electron chi connectivity index (χ2n) is 11.9. The van der Waals surface area contributed by atoms with Crippen molar-refractivity contribution in [3.8, 4) is 28.3 Å². The topological polar surface area (TPSA) is 119 Å². The number of aliphatic hydroxyl groups is 1. The Hall–Kier alpha value is -4.54. The molecule has 2 N–H and O–H groups in total. The van der Waals surface area contributed by atoms with Crippen LogP contribution in [0.1, 0.15) is 52.0 Å². The molecule has 10 heteroatoms. The van der Waals surface area contributed by atoms with Crippen LogP contribution in [0, 0.1) is 13.8 Å². The molecule has 4 aromatic rings. The minimum Gasteiger partial charge on any atom is -0.481 e. The standard InChI is InChI=1S/C34H37N5O5/c1-18-22(23-10-8-12-26(19(23)2)35-31(41)25-16-37(4)34(43)38(5)33(25)42)9-7-11-24(18)27-15-21-13-14-28(30(21)32(36-27)44-6)39-17-29(40)20(39)3/h7-12,15-16,20,28-29,40H,13-14,17H2,1-6H3,(H,35,41). The maximum Gasteiger partial charge on any atom is 0.330 e. The largest absolute Gasteiger partial charge is 0.481 e. The van der Waals surface area contributed by atoms with E-state index >= 15 is 0 Å². The van der Waals surface area contributed by atoms with Gasteiger partial charge in [0.05, 0.1) is 18.9 Å². The maximum absolute atomic E-state index is 13.2. The number of amides is 1. The predicted molar refractivity (Wildman–Crippen MR) is 169 cm³/mol. The van der Waals surface area contributed by atoms with Crippen LogP contribution in [0.2, 0.25) is 0 Å². The van der Waals surface area contributed by atoms with Crippen molar-refractivity contribution in [3.05, 3.63) is 97.3 Å². The van der Waals surface area contributed by atoms with E-state index in [-0.39, 0.29) is 23.8 Å². The highest BCUT2D eigenvalue weighted by atomic mass is 16.5. The molecule has 1 aliphatic heterocycles. The van der Waals surface area contributed by atoms with Crippen molar-refractivity contribution in [2.75, 3.05) is 19.0 Å². The first-order chi connectivity index (χ1) is 21.0. The van der Waals surface area contributed by atoms with Crippen LogP contribution in [0.15, 0.2) is 58.3 Å². The molecule has 2 aromatic carbocycles. The number of β-amino-alcohol motifs (C(OH)–C–C–N with tert-alkyl or cyclic N) is 1. The molecule has 0 saturated carbocycles. The quantitative estimate of drug-likeness (QED) is 0.349. The second kappa shape index (κ2) is 11.2. The number of rotatable bonds is 6. The van der Waals surface area contributed by atoms with Gasteiger partial charge in [0.25, 0.3) is 11.5 Å². The monoisotopic (exact) mass is 595 g/mol. The number of aryl methyl sites for hydroxylation is 2. The summed E-state index contributed by atoms with van der Waals surface area (Å²) < 4.78 is 7.98. The van der Waals surface area contributed by atoms with Crippen molar-refractivity contribution < 1.29 is 14.6 Å². The zero-order valence-corrected chi connectivity index (χ0v) is 25.8. The van der Waals surface area contributed by atoms with Gasteiger partial charge in [0.2, 0.25) is 5.88 Å². The molecule has 3 heterocycles. The molecule has 6 rings (SSSR count). The lowest BCUT2D eigenvalue weighted by molar-refractivity contribution is -0.0778. The molecule has 2 aliphatic rings. The van der Waals surface area contributed by atoms with Crippen LogP contribution in [0.5, 0.6) is 5.88 Å². The Bertz CT molecular complexity index is 1930. The van der Waals surface area contributed by atoms with Crippen LogP contribution in [0.3, 0.4) is 0 Å². The number of carbonyl (C=O) groups excluding carboxylic acids is 1. The molecule has 1 fully saturated rings. The van der Waals surface area contributed by atoms with E-state index in [2.05, 4.69) is 36.2 Å². The van der Waals surface area contributed by atoms with Gasteiger partial charge in [0.15, 0.2) is 0 Å². The molecule has 10 nitrogen and oxygen atoms in total. The Kier molecular flexibility index (Phi) is 7.51. The first-order valence-electron chi connectivity index (χ1n) is 14.8. The highest BCUT2D eigenvalue weighted by molar-refractivity contribution is 6.04. The Labute approximate surface area is 255 Å². The van der Waals surface area contributed by atoms with Gasteiger partial charge in [0.1, 0.15) is 5.56 Å². The number of likely N-dealkylation sites (tertiary alicyclic amines) is 1.